The molecule has 0 bridgehead atoms. The Kier molecular flexibility index (Phi) is 5.17. The van der Waals surface area contributed by atoms with E-state index >= 15 is 0 Å². The SMILES string of the molecule is COC(=O)Oc1c(OC)ccc(C=C[N+](=O)[O-])c1[N+](=O)[O-]. The van der Waals surface area contributed by atoms with Gasteiger partial charge in [0.25, 0.3) is 5.75 Å². The summed E-state index contributed by atoms with van der Waals surface area (Å²) in [5.41, 5.74) is -0.783. The quantitative estimate of drug-likeness (QED) is 0.349. The van der Waals surface area contributed by atoms with E-state index in [1.807, 2.05) is 0 Å². The lowest BCUT2D eigenvalue weighted by Crippen LogP contribution is -2.10. The molecule has 0 aromatic heterocycles. The van der Waals surface area contributed by atoms with Crippen molar-refractivity contribution in [2.24, 2.45) is 0 Å². The van der Waals surface area contributed by atoms with Crippen LogP contribution in [-0.2, 0) is 4.74 Å². The summed E-state index contributed by atoms with van der Waals surface area (Å²) in [7, 11) is 2.24. The van der Waals surface area contributed by atoms with Gasteiger partial charge in [-0.1, -0.05) is 0 Å². The van der Waals surface area contributed by atoms with Gasteiger partial charge in [0.2, 0.25) is 6.20 Å². The highest BCUT2D eigenvalue weighted by molar-refractivity contribution is 5.75. The third-order valence-corrected chi connectivity index (χ3v) is 2.26. The number of methoxy groups -OCH3 is 2. The van der Waals surface area contributed by atoms with E-state index in [9.17, 15) is 25.0 Å². The minimum Gasteiger partial charge on any atom is -0.493 e. The van der Waals surface area contributed by atoms with Crippen LogP contribution in [0.15, 0.2) is 18.3 Å². The smallest absolute Gasteiger partial charge is 0.493 e. The van der Waals surface area contributed by atoms with E-state index in [1.54, 1.807) is 0 Å². The number of nitro groups is 2. The number of rotatable bonds is 5. The molecule has 0 N–H and O–H groups in total. The van der Waals surface area contributed by atoms with Crippen LogP contribution in [0, 0.1) is 20.2 Å². The maximum atomic E-state index is 11.2. The van der Waals surface area contributed by atoms with Gasteiger partial charge < -0.3 is 14.2 Å². The third kappa shape index (κ3) is 3.89. The standard InChI is InChI=1S/C11H10N2O8/c1-19-8-4-3-7(5-6-12(15)16)9(13(17)18)10(8)21-11(14)20-2/h3-6H,1-2H3. The van der Waals surface area contributed by atoms with Crippen molar-refractivity contribution >= 4 is 17.9 Å². The first-order chi connectivity index (χ1) is 9.90. The number of benzene rings is 1. The molecule has 1 rings (SSSR count). The van der Waals surface area contributed by atoms with E-state index in [0.29, 0.717) is 6.20 Å². The molecule has 0 heterocycles. The fraction of sp³-hybridized carbons (Fsp3) is 0.182. The molecule has 10 heteroatoms. The molecule has 0 fully saturated rings. The Bertz CT molecular complexity index is 610. The highest BCUT2D eigenvalue weighted by atomic mass is 16.7. The molecule has 0 radical (unpaired) electrons. The molecule has 21 heavy (non-hydrogen) atoms. The Balaban J connectivity index is 3.47. The maximum absolute atomic E-state index is 11.2. The molecule has 0 saturated heterocycles. The number of carbonyl (C=O) groups is 1. The van der Waals surface area contributed by atoms with Crippen LogP contribution in [-0.4, -0.2) is 30.2 Å². The number of hydrogen-bond donors (Lipinski definition) is 0. The summed E-state index contributed by atoms with van der Waals surface area (Å²) in [6.07, 6.45) is 0.241. The first-order valence-electron chi connectivity index (χ1n) is 5.33. The summed E-state index contributed by atoms with van der Waals surface area (Å²) in [6, 6.07) is 2.49. The van der Waals surface area contributed by atoms with Gasteiger partial charge >= 0.3 is 11.8 Å². The zero-order valence-corrected chi connectivity index (χ0v) is 11.0. The zero-order chi connectivity index (χ0) is 16.0. The van der Waals surface area contributed by atoms with Crippen molar-refractivity contribution in [1.29, 1.82) is 0 Å². The van der Waals surface area contributed by atoms with Gasteiger partial charge in [-0.25, -0.2) is 4.79 Å². The second-order valence-electron chi connectivity index (χ2n) is 3.45. The topological polar surface area (TPSA) is 131 Å². The van der Waals surface area contributed by atoms with E-state index in [-0.39, 0.29) is 11.3 Å². The molecule has 1 aromatic carbocycles. The van der Waals surface area contributed by atoms with E-state index in [0.717, 1.165) is 13.2 Å². The Labute approximate surface area is 117 Å². The van der Waals surface area contributed by atoms with Crippen molar-refractivity contribution in [3.05, 3.63) is 44.1 Å². The molecule has 0 amide bonds. The lowest BCUT2D eigenvalue weighted by molar-refractivity contribution is -0.401. The summed E-state index contributed by atoms with van der Waals surface area (Å²) in [6.45, 7) is 0. The van der Waals surface area contributed by atoms with Crippen LogP contribution < -0.4 is 9.47 Å². The van der Waals surface area contributed by atoms with Gasteiger partial charge in [-0.05, 0) is 12.1 Å². The minimum atomic E-state index is -1.19. The molecule has 0 saturated carbocycles. The van der Waals surface area contributed by atoms with Gasteiger partial charge in [0.1, 0.15) is 0 Å². The number of nitro benzene ring substituents is 1. The van der Waals surface area contributed by atoms with E-state index < -0.39 is 27.4 Å². The van der Waals surface area contributed by atoms with Crippen LogP contribution in [0.4, 0.5) is 10.5 Å². The molecule has 1 aromatic rings. The predicted octanol–water partition coefficient (Wildman–Crippen LogP) is 2.00. The summed E-state index contributed by atoms with van der Waals surface area (Å²) < 4.78 is 13.8. The van der Waals surface area contributed by atoms with Crippen LogP contribution >= 0.6 is 0 Å². The van der Waals surface area contributed by atoms with Gasteiger partial charge in [-0.3, -0.25) is 20.2 Å². The van der Waals surface area contributed by atoms with Crippen molar-refractivity contribution in [2.45, 2.75) is 0 Å². The fourth-order valence-corrected chi connectivity index (χ4v) is 1.42. The molecule has 0 atom stereocenters. The van der Waals surface area contributed by atoms with Gasteiger partial charge in [-0.15, -0.1) is 0 Å². The Morgan fingerprint density at radius 1 is 1.24 bits per heavy atom. The molecule has 10 nitrogen and oxygen atoms in total. The third-order valence-electron chi connectivity index (χ3n) is 2.26. The number of nitrogens with zero attached hydrogens (tertiary/aromatic N) is 2. The second-order valence-corrected chi connectivity index (χ2v) is 3.45. The summed E-state index contributed by atoms with van der Waals surface area (Å²) in [5.74, 6) is -0.592. The van der Waals surface area contributed by atoms with Crippen LogP contribution in [0.25, 0.3) is 6.08 Å². The maximum Gasteiger partial charge on any atom is 0.513 e. The van der Waals surface area contributed by atoms with Crippen molar-refractivity contribution in [2.75, 3.05) is 14.2 Å². The monoisotopic (exact) mass is 298 g/mol. The molecule has 0 aliphatic carbocycles. The van der Waals surface area contributed by atoms with Gasteiger partial charge in [0, 0.05) is 6.08 Å². The van der Waals surface area contributed by atoms with Gasteiger partial charge in [0.15, 0.2) is 5.75 Å². The Hall–Kier alpha value is -3.17. The lowest BCUT2D eigenvalue weighted by Gasteiger charge is -2.09. The minimum absolute atomic E-state index is 0.0923. The van der Waals surface area contributed by atoms with E-state index in [1.165, 1.54) is 19.2 Å². The average Bonchev–Trinajstić information content (AvgIpc) is 2.44. The largest absolute Gasteiger partial charge is 0.513 e. The van der Waals surface area contributed by atoms with Gasteiger partial charge in [0.05, 0.1) is 29.6 Å². The van der Waals surface area contributed by atoms with Crippen LogP contribution in [0.5, 0.6) is 11.5 Å². The predicted molar refractivity (Wildman–Crippen MR) is 68.7 cm³/mol. The number of ether oxygens (including phenoxy) is 3. The second kappa shape index (κ2) is 6.84. The number of carbonyl (C=O) groups excluding carboxylic acids is 1. The first kappa shape index (κ1) is 15.9. The highest BCUT2D eigenvalue weighted by Gasteiger charge is 2.27. The summed E-state index contributed by atoms with van der Waals surface area (Å²) in [4.78, 5) is 31.0. The van der Waals surface area contributed by atoms with Crippen molar-refractivity contribution in [3.8, 4) is 11.5 Å². The van der Waals surface area contributed by atoms with E-state index in [4.69, 9.17) is 9.47 Å². The van der Waals surface area contributed by atoms with Crippen molar-refractivity contribution < 1.29 is 28.9 Å². The van der Waals surface area contributed by atoms with E-state index in [2.05, 4.69) is 4.74 Å². The highest BCUT2D eigenvalue weighted by Crippen LogP contribution is 2.40. The molecule has 112 valence electrons. The number of hydrogen-bond acceptors (Lipinski definition) is 8. The summed E-state index contributed by atoms with van der Waals surface area (Å²) in [5, 5.41) is 21.4. The van der Waals surface area contributed by atoms with Crippen molar-refractivity contribution in [1.82, 2.24) is 0 Å². The molecule has 0 spiro atoms. The molecule has 0 unspecified atom stereocenters. The first-order valence-corrected chi connectivity index (χ1v) is 5.33. The Morgan fingerprint density at radius 2 is 1.90 bits per heavy atom. The van der Waals surface area contributed by atoms with Gasteiger partial charge in [-0.2, -0.15) is 0 Å². The van der Waals surface area contributed by atoms with Crippen LogP contribution in [0.1, 0.15) is 5.56 Å². The molecular formula is C11H10N2O8. The van der Waals surface area contributed by atoms with Crippen LogP contribution in [0.2, 0.25) is 0 Å². The molecule has 0 aliphatic rings. The normalized spacial score (nSPS) is 10.2. The Morgan fingerprint density at radius 3 is 2.38 bits per heavy atom. The lowest BCUT2D eigenvalue weighted by atomic mass is 10.1. The van der Waals surface area contributed by atoms with Crippen LogP contribution in [0.3, 0.4) is 0 Å². The molecule has 0 aliphatic heterocycles. The average molecular weight is 298 g/mol. The van der Waals surface area contributed by atoms with Crippen molar-refractivity contribution in [3.63, 3.8) is 0 Å². The fourth-order valence-electron chi connectivity index (χ4n) is 1.42. The summed E-state index contributed by atoms with van der Waals surface area (Å²) >= 11 is 0. The zero-order valence-electron chi connectivity index (χ0n) is 11.0. The molecular weight excluding hydrogens is 288 g/mol.